The number of ether oxygens (including phenoxy) is 1. The maximum atomic E-state index is 6.20. The summed E-state index contributed by atoms with van der Waals surface area (Å²) >= 11 is 0. The van der Waals surface area contributed by atoms with E-state index in [-0.39, 0.29) is 5.54 Å². The molecular weight excluding hydrogens is 382 g/mol. The first-order chi connectivity index (χ1) is 14.9. The summed E-state index contributed by atoms with van der Waals surface area (Å²) < 4.78 is 8.01. The van der Waals surface area contributed by atoms with Crippen molar-refractivity contribution in [1.82, 2.24) is 9.78 Å². The first kappa shape index (κ1) is 25.3. The van der Waals surface area contributed by atoms with Gasteiger partial charge in [0.25, 0.3) is 0 Å². The standard InChI is InChI=1S/C27H45N3O/c1-5-6-7-8-9-10-11-12-13-14-15-18-21-31-25-20-17-16-19-23(25)24-22-26(28)30(29-24)27(2,3)4/h16-17,19-20,22H,5-15,18,21,28H2,1-4H3. The molecule has 2 aromatic rings. The van der Waals surface area contributed by atoms with Crippen LogP contribution in [-0.2, 0) is 5.54 Å². The monoisotopic (exact) mass is 427 g/mol. The molecular formula is C27H45N3O. The lowest BCUT2D eigenvalue weighted by atomic mass is 10.1. The van der Waals surface area contributed by atoms with E-state index < -0.39 is 0 Å². The van der Waals surface area contributed by atoms with Gasteiger partial charge in [0.1, 0.15) is 11.6 Å². The lowest BCUT2D eigenvalue weighted by Gasteiger charge is -2.20. The maximum absolute atomic E-state index is 6.20. The predicted octanol–water partition coefficient (Wildman–Crippen LogP) is 7.97. The second kappa shape index (κ2) is 13.4. The highest BCUT2D eigenvalue weighted by molar-refractivity contribution is 5.69. The van der Waals surface area contributed by atoms with Crippen molar-refractivity contribution in [3.05, 3.63) is 30.3 Å². The van der Waals surface area contributed by atoms with E-state index in [0.29, 0.717) is 5.82 Å². The van der Waals surface area contributed by atoms with Gasteiger partial charge in [0.15, 0.2) is 0 Å². The molecule has 1 aromatic heterocycles. The Morgan fingerprint density at radius 2 is 1.39 bits per heavy atom. The van der Waals surface area contributed by atoms with E-state index in [1.165, 1.54) is 70.6 Å². The minimum Gasteiger partial charge on any atom is -0.493 e. The van der Waals surface area contributed by atoms with Gasteiger partial charge in [0, 0.05) is 11.6 Å². The molecule has 4 heteroatoms. The molecule has 0 bridgehead atoms. The van der Waals surface area contributed by atoms with Gasteiger partial charge in [-0.25, -0.2) is 4.68 Å². The molecule has 31 heavy (non-hydrogen) atoms. The van der Waals surface area contributed by atoms with Crippen LogP contribution >= 0.6 is 0 Å². The second-order valence-electron chi connectivity index (χ2n) is 9.77. The minimum absolute atomic E-state index is 0.146. The number of unbranched alkanes of at least 4 members (excludes halogenated alkanes) is 11. The van der Waals surface area contributed by atoms with Gasteiger partial charge in [-0.05, 0) is 39.3 Å². The van der Waals surface area contributed by atoms with Gasteiger partial charge in [-0.3, -0.25) is 0 Å². The summed E-state index contributed by atoms with van der Waals surface area (Å²) in [6.45, 7) is 9.36. The van der Waals surface area contributed by atoms with Crippen LogP contribution in [0.4, 0.5) is 5.82 Å². The Hall–Kier alpha value is -1.97. The molecule has 0 unspecified atom stereocenters. The van der Waals surface area contributed by atoms with Crippen LogP contribution in [0.1, 0.15) is 105 Å². The molecule has 2 N–H and O–H groups in total. The Kier molecular flexibility index (Phi) is 11.0. The number of aromatic nitrogens is 2. The zero-order valence-corrected chi connectivity index (χ0v) is 20.5. The van der Waals surface area contributed by atoms with Crippen molar-refractivity contribution in [3.63, 3.8) is 0 Å². The summed E-state index contributed by atoms with van der Waals surface area (Å²) in [4.78, 5) is 0. The number of nitrogens with two attached hydrogens (primary N) is 1. The molecule has 0 radical (unpaired) electrons. The van der Waals surface area contributed by atoms with Gasteiger partial charge in [-0.2, -0.15) is 5.10 Å². The van der Waals surface area contributed by atoms with Gasteiger partial charge >= 0.3 is 0 Å². The molecule has 1 aromatic carbocycles. The lowest BCUT2D eigenvalue weighted by Crippen LogP contribution is -2.24. The number of nitrogen functional groups attached to an aromatic ring is 1. The van der Waals surface area contributed by atoms with E-state index in [1.54, 1.807) is 0 Å². The van der Waals surface area contributed by atoms with Crippen LogP contribution in [0, 0.1) is 0 Å². The molecule has 174 valence electrons. The minimum atomic E-state index is -0.146. The molecule has 2 rings (SSSR count). The quantitative estimate of drug-likeness (QED) is 0.293. The van der Waals surface area contributed by atoms with Gasteiger partial charge < -0.3 is 10.5 Å². The van der Waals surface area contributed by atoms with Gasteiger partial charge in [0.05, 0.1) is 17.8 Å². The number of nitrogens with zero attached hydrogens (tertiary/aromatic N) is 2. The molecule has 0 spiro atoms. The number of benzene rings is 1. The summed E-state index contributed by atoms with van der Waals surface area (Å²) in [6.07, 6.45) is 16.2. The number of para-hydroxylation sites is 1. The SMILES string of the molecule is CCCCCCCCCCCCCCOc1ccccc1-c1cc(N)n(C(C)(C)C)n1. The predicted molar refractivity (Wildman–Crippen MR) is 134 cm³/mol. The average Bonchev–Trinajstić information content (AvgIpc) is 3.14. The number of anilines is 1. The highest BCUT2D eigenvalue weighted by Gasteiger charge is 2.19. The van der Waals surface area contributed by atoms with Crippen LogP contribution in [0.3, 0.4) is 0 Å². The highest BCUT2D eigenvalue weighted by Crippen LogP contribution is 2.32. The molecule has 0 amide bonds. The van der Waals surface area contributed by atoms with E-state index in [9.17, 15) is 0 Å². The third-order valence-electron chi connectivity index (χ3n) is 5.79. The smallest absolute Gasteiger partial charge is 0.128 e. The summed E-state index contributed by atoms with van der Waals surface area (Å²) in [5.74, 6) is 1.57. The average molecular weight is 428 g/mol. The molecule has 0 atom stereocenters. The van der Waals surface area contributed by atoms with Crippen molar-refractivity contribution in [2.45, 2.75) is 110 Å². The molecule has 0 aliphatic rings. The van der Waals surface area contributed by atoms with Crippen molar-refractivity contribution in [3.8, 4) is 17.0 Å². The van der Waals surface area contributed by atoms with E-state index in [0.717, 1.165) is 30.0 Å². The molecule has 0 fully saturated rings. The highest BCUT2D eigenvalue weighted by atomic mass is 16.5. The summed E-state index contributed by atoms with van der Waals surface area (Å²) in [5, 5.41) is 4.74. The van der Waals surface area contributed by atoms with E-state index >= 15 is 0 Å². The maximum Gasteiger partial charge on any atom is 0.128 e. The largest absolute Gasteiger partial charge is 0.493 e. The lowest BCUT2D eigenvalue weighted by molar-refractivity contribution is 0.305. The van der Waals surface area contributed by atoms with Crippen molar-refractivity contribution in [2.75, 3.05) is 12.3 Å². The fourth-order valence-electron chi connectivity index (χ4n) is 3.99. The van der Waals surface area contributed by atoms with Crippen LogP contribution in [0.2, 0.25) is 0 Å². The van der Waals surface area contributed by atoms with Crippen LogP contribution in [0.15, 0.2) is 30.3 Å². The third kappa shape index (κ3) is 8.96. The topological polar surface area (TPSA) is 53.1 Å². The second-order valence-corrected chi connectivity index (χ2v) is 9.77. The fraction of sp³-hybridized carbons (Fsp3) is 0.667. The van der Waals surface area contributed by atoms with E-state index in [1.807, 2.05) is 28.9 Å². The Bertz CT molecular complexity index is 745. The number of hydrogen-bond acceptors (Lipinski definition) is 3. The molecule has 1 heterocycles. The Labute approximate surface area is 190 Å². The number of rotatable bonds is 15. The van der Waals surface area contributed by atoms with Crippen molar-refractivity contribution in [1.29, 1.82) is 0 Å². The van der Waals surface area contributed by atoms with Crippen LogP contribution in [0.25, 0.3) is 11.3 Å². The summed E-state index contributed by atoms with van der Waals surface area (Å²) in [6, 6.07) is 10.1. The molecule has 0 saturated carbocycles. The zero-order chi connectivity index (χ0) is 22.5. The molecule has 0 saturated heterocycles. The van der Waals surface area contributed by atoms with Crippen molar-refractivity contribution >= 4 is 5.82 Å². The summed E-state index contributed by atoms with van der Waals surface area (Å²) in [7, 11) is 0. The van der Waals surface area contributed by atoms with Gasteiger partial charge in [0.2, 0.25) is 0 Å². The van der Waals surface area contributed by atoms with E-state index in [4.69, 9.17) is 15.6 Å². The fourth-order valence-corrected chi connectivity index (χ4v) is 3.99. The van der Waals surface area contributed by atoms with Crippen LogP contribution in [-0.4, -0.2) is 16.4 Å². The molecule has 4 nitrogen and oxygen atoms in total. The van der Waals surface area contributed by atoms with Crippen LogP contribution in [0.5, 0.6) is 5.75 Å². The number of hydrogen-bond donors (Lipinski definition) is 1. The van der Waals surface area contributed by atoms with Crippen molar-refractivity contribution < 1.29 is 4.74 Å². The van der Waals surface area contributed by atoms with Gasteiger partial charge in [-0.1, -0.05) is 89.7 Å². The normalized spacial score (nSPS) is 11.7. The van der Waals surface area contributed by atoms with Gasteiger partial charge in [-0.15, -0.1) is 0 Å². The molecule has 0 aliphatic heterocycles. The van der Waals surface area contributed by atoms with Crippen molar-refractivity contribution in [2.24, 2.45) is 0 Å². The third-order valence-corrected chi connectivity index (χ3v) is 5.79. The molecule has 0 aliphatic carbocycles. The Morgan fingerprint density at radius 1 is 0.839 bits per heavy atom. The summed E-state index contributed by atoms with van der Waals surface area (Å²) in [5.41, 5.74) is 7.94. The van der Waals surface area contributed by atoms with Crippen LogP contribution < -0.4 is 10.5 Å². The first-order valence-corrected chi connectivity index (χ1v) is 12.5. The Morgan fingerprint density at radius 3 is 1.94 bits per heavy atom. The zero-order valence-electron chi connectivity index (χ0n) is 20.5. The Balaban J connectivity index is 1.67. The first-order valence-electron chi connectivity index (χ1n) is 12.5. The van der Waals surface area contributed by atoms with E-state index in [2.05, 4.69) is 33.8 Å².